The van der Waals surface area contributed by atoms with Crippen LogP contribution in [0.3, 0.4) is 0 Å². The first kappa shape index (κ1) is 13.0. The topological polar surface area (TPSA) is 29.3 Å². The van der Waals surface area contributed by atoms with Crippen LogP contribution in [0.25, 0.3) is 0 Å². The molecular formula is C18H22N2. The molecule has 0 atom stereocenters. The number of nitrogen functional groups attached to an aromatic ring is 1. The predicted molar refractivity (Wildman–Crippen MR) is 86.1 cm³/mol. The summed E-state index contributed by atoms with van der Waals surface area (Å²) in [5, 5.41) is 0. The van der Waals surface area contributed by atoms with Gasteiger partial charge in [-0.2, -0.15) is 0 Å². The third-order valence-corrected chi connectivity index (χ3v) is 4.33. The molecule has 2 heteroatoms. The smallest absolute Gasteiger partial charge is 0.0429 e. The molecule has 0 spiro atoms. The highest BCUT2D eigenvalue weighted by molar-refractivity contribution is 5.66. The lowest BCUT2D eigenvalue weighted by Gasteiger charge is -2.32. The molecule has 104 valence electrons. The summed E-state index contributed by atoms with van der Waals surface area (Å²) in [6, 6.07) is 13.0. The monoisotopic (exact) mass is 266 g/mol. The number of rotatable bonds is 2. The average molecular weight is 266 g/mol. The molecule has 0 aliphatic carbocycles. The normalized spacial score (nSPS) is 14.2. The van der Waals surface area contributed by atoms with E-state index in [1.807, 2.05) is 6.07 Å². The van der Waals surface area contributed by atoms with E-state index in [1.54, 1.807) is 0 Å². The van der Waals surface area contributed by atoms with Crippen LogP contribution < -0.4 is 10.6 Å². The van der Waals surface area contributed by atoms with Crippen molar-refractivity contribution in [3.63, 3.8) is 0 Å². The molecule has 0 bridgehead atoms. The summed E-state index contributed by atoms with van der Waals surface area (Å²) in [5.41, 5.74) is 13.8. The van der Waals surface area contributed by atoms with E-state index < -0.39 is 0 Å². The summed E-state index contributed by atoms with van der Waals surface area (Å²) < 4.78 is 0. The van der Waals surface area contributed by atoms with E-state index in [0.29, 0.717) is 0 Å². The number of hydrogen-bond donors (Lipinski definition) is 1. The summed E-state index contributed by atoms with van der Waals surface area (Å²) in [4.78, 5) is 2.46. The lowest BCUT2D eigenvalue weighted by Crippen LogP contribution is -2.29. The van der Waals surface area contributed by atoms with Crippen molar-refractivity contribution in [2.45, 2.75) is 33.2 Å². The third-order valence-electron chi connectivity index (χ3n) is 4.33. The zero-order valence-electron chi connectivity index (χ0n) is 12.3. The molecule has 2 aromatic rings. The van der Waals surface area contributed by atoms with Crippen LogP contribution in [0.4, 0.5) is 11.4 Å². The Balaban J connectivity index is 1.89. The molecule has 1 aliphatic rings. The predicted octanol–water partition coefficient (Wildman–Crippen LogP) is 3.84. The Morgan fingerprint density at radius 3 is 2.75 bits per heavy atom. The van der Waals surface area contributed by atoms with Gasteiger partial charge in [0.1, 0.15) is 0 Å². The minimum absolute atomic E-state index is 0.937. The Hall–Kier alpha value is -1.96. The minimum atomic E-state index is 0.937. The molecule has 0 amide bonds. The van der Waals surface area contributed by atoms with Gasteiger partial charge in [0.05, 0.1) is 0 Å². The average Bonchev–Trinajstić information content (AvgIpc) is 2.44. The highest BCUT2D eigenvalue weighted by atomic mass is 15.1. The number of benzene rings is 2. The van der Waals surface area contributed by atoms with E-state index in [4.69, 9.17) is 5.73 Å². The highest BCUT2D eigenvalue weighted by Crippen LogP contribution is 2.32. The summed E-state index contributed by atoms with van der Waals surface area (Å²) in [6.07, 6.45) is 2.29. The summed E-state index contributed by atoms with van der Waals surface area (Å²) in [7, 11) is 0. The van der Waals surface area contributed by atoms with Crippen molar-refractivity contribution in [3.05, 3.63) is 58.7 Å². The molecule has 2 aromatic carbocycles. The van der Waals surface area contributed by atoms with E-state index in [9.17, 15) is 0 Å². The van der Waals surface area contributed by atoms with Gasteiger partial charge in [-0.25, -0.2) is 0 Å². The van der Waals surface area contributed by atoms with Gasteiger partial charge < -0.3 is 10.6 Å². The van der Waals surface area contributed by atoms with Crippen molar-refractivity contribution in [2.75, 3.05) is 17.2 Å². The SMILES string of the molecule is Cc1ccc(CN2CCCc3c(N)cccc32)cc1C. The maximum Gasteiger partial charge on any atom is 0.0429 e. The second kappa shape index (κ2) is 5.20. The lowest BCUT2D eigenvalue weighted by atomic mass is 9.98. The molecule has 1 aliphatic heterocycles. The fourth-order valence-electron chi connectivity index (χ4n) is 3.01. The minimum Gasteiger partial charge on any atom is -0.398 e. The Labute approximate surface area is 121 Å². The van der Waals surface area contributed by atoms with Gasteiger partial charge >= 0.3 is 0 Å². The number of fused-ring (bicyclic) bond motifs is 1. The zero-order valence-corrected chi connectivity index (χ0v) is 12.3. The molecule has 2 nitrogen and oxygen atoms in total. The highest BCUT2D eigenvalue weighted by Gasteiger charge is 2.18. The molecule has 1 heterocycles. The quantitative estimate of drug-likeness (QED) is 0.837. The molecular weight excluding hydrogens is 244 g/mol. The maximum absolute atomic E-state index is 6.11. The molecule has 0 unspecified atom stereocenters. The number of anilines is 2. The van der Waals surface area contributed by atoms with Gasteiger partial charge in [-0.15, -0.1) is 0 Å². The fourth-order valence-corrected chi connectivity index (χ4v) is 3.01. The van der Waals surface area contributed by atoms with Crippen molar-refractivity contribution in [1.29, 1.82) is 0 Å². The maximum atomic E-state index is 6.11. The van der Waals surface area contributed by atoms with Crippen molar-refractivity contribution in [3.8, 4) is 0 Å². The van der Waals surface area contributed by atoms with E-state index >= 15 is 0 Å². The Morgan fingerprint density at radius 1 is 1.10 bits per heavy atom. The van der Waals surface area contributed by atoms with Crippen molar-refractivity contribution in [2.24, 2.45) is 0 Å². The van der Waals surface area contributed by atoms with Gasteiger partial charge in [-0.3, -0.25) is 0 Å². The van der Waals surface area contributed by atoms with Crippen LogP contribution in [0.1, 0.15) is 28.7 Å². The zero-order chi connectivity index (χ0) is 14.1. The number of nitrogens with two attached hydrogens (primary N) is 1. The largest absolute Gasteiger partial charge is 0.398 e. The van der Waals surface area contributed by atoms with E-state index in [1.165, 1.54) is 34.4 Å². The molecule has 2 N–H and O–H groups in total. The number of aryl methyl sites for hydroxylation is 2. The summed E-state index contributed by atoms with van der Waals surface area (Å²) >= 11 is 0. The van der Waals surface area contributed by atoms with Crippen molar-refractivity contribution >= 4 is 11.4 Å². The lowest BCUT2D eigenvalue weighted by molar-refractivity contribution is 0.692. The van der Waals surface area contributed by atoms with Crippen LogP contribution in [0.2, 0.25) is 0 Å². The van der Waals surface area contributed by atoms with Gasteiger partial charge in [-0.1, -0.05) is 24.3 Å². The molecule has 0 aromatic heterocycles. The van der Waals surface area contributed by atoms with Crippen molar-refractivity contribution in [1.82, 2.24) is 0 Å². The molecule has 0 fully saturated rings. The first-order valence-corrected chi connectivity index (χ1v) is 7.33. The number of hydrogen-bond acceptors (Lipinski definition) is 2. The summed E-state index contributed by atoms with van der Waals surface area (Å²) in [5.74, 6) is 0. The molecule has 0 radical (unpaired) electrons. The Kier molecular flexibility index (Phi) is 3.39. The first-order chi connectivity index (χ1) is 9.65. The molecule has 20 heavy (non-hydrogen) atoms. The van der Waals surface area contributed by atoms with Crippen LogP contribution in [0, 0.1) is 13.8 Å². The van der Waals surface area contributed by atoms with Gasteiger partial charge in [-0.05, 0) is 61.1 Å². The van der Waals surface area contributed by atoms with Gasteiger partial charge in [0.2, 0.25) is 0 Å². The molecule has 0 saturated carbocycles. The van der Waals surface area contributed by atoms with Gasteiger partial charge in [0.25, 0.3) is 0 Å². The summed E-state index contributed by atoms with van der Waals surface area (Å²) in [6.45, 7) is 6.43. The van der Waals surface area contributed by atoms with Crippen LogP contribution in [-0.4, -0.2) is 6.54 Å². The van der Waals surface area contributed by atoms with E-state index in [-0.39, 0.29) is 0 Å². The van der Waals surface area contributed by atoms with Crippen LogP contribution in [-0.2, 0) is 13.0 Å². The van der Waals surface area contributed by atoms with E-state index in [2.05, 4.69) is 49.1 Å². The molecule has 0 saturated heterocycles. The fraction of sp³-hybridized carbons (Fsp3) is 0.333. The van der Waals surface area contributed by atoms with E-state index in [0.717, 1.165) is 25.2 Å². The van der Waals surface area contributed by atoms with Gasteiger partial charge in [0.15, 0.2) is 0 Å². The Bertz CT molecular complexity index is 631. The third kappa shape index (κ3) is 2.38. The second-order valence-electron chi connectivity index (χ2n) is 5.79. The molecule has 3 rings (SSSR count). The second-order valence-corrected chi connectivity index (χ2v) is 5.79. The first-order valence-electron chi connectivity index (χ1n) is 7.33. The van der Waals surface area contributed by atoms with Crippen LogP contribution in [0.5, 0.6) is 0 Å². The standard InChI is InChI=1S/C18H22N2/c1-13-8-9-15(11-14(13)2)12-20-10-4-5-16-17(19)6-3-7-18(16)20/h3,6-9,11H,4-5,10,12,19H2,1-2H3. The number of nitrogens with zero attached hydrogens (tertiary/aromatic N) is 1. The van der Waals surface area contributed by atoms with Crippen molar-refractivity contribution < 1.29 is 0 Å². The van der Waals surface area contributed by atoms with Gasteiger partial charge in [0, 0.05) is 24.5 Å². The van der Waals surface area contributed by atoms with Crippen LogP contribution in [0.15, 0.2) is 36.4 Å². The Morgan fingerprint density at radius 2 is 1.95 bits per heavy atom. The van der Waals surface area contributed by atoms with Crippen LogP contribution >= 0.6 is 0 Å².